The van der Waals surface area contributed by atoms with Crippen molar-refractivity contribution in [1.29, 1.82) is 0 Å². The van der Waals surface area contributed by atoms with Crippen LogP contribution < -0.4 is 26.1 Å². The number of likely N-dealkylation sites (N-methyl/N-ethyl adjacent to an activating group) is 1. The SMILES string of the molecule is CN1/C(=C/C2=C(N3CCC[C@@H]3C(=O)NC(CSOO[O-])C(=O)NCCCCC(=O)NCc3ccc(C(Br)P(=O)(O)O)cc3)C(=C/C3=[N+](C)c4ccccc4C3(C)C)/C2=O)C(C)(C)c2ccccc21. The lowest BCUT2D eigenvalue weighted by molar-refractivity contribution is -0.777. The number of amides is 3. The second-order valence-corrected chi connectivity index (χ2v) is 22.5. The van der Waals surface area contributed by atoms with Crippen LogP contribution in [0.25, 0.3) is 0 Å². The van der Waals surface area contributed by atoms with Crippen molar-refractivity contribution >= 4 is 76.2 Å². The number of ketones is 1. The van der Waals surface area contributed by atoms with Crippen molar-refractivity contribution in [3.05, 3.63) is 130 Å². The molecule has 3 atom stereocenters. The topological polar surface area (TPSA) is 213 Å². The molecule has 68 heavy (non-hydrogen) atoms. The number of hydrogen-bond acceptors (Lipinski definition) is 11. The van der Waals surface area contributed by atoms with Crippen molar-refractivity contribution in [1.82, 2.24) is 20.9 Å². The van der Waals surface area contributed by atoms with E-state index in [9.17, 15) is 38.8 Å². The van der Waals surface area contributed by atoms with Gasteiger partial charge in [0.1, 0.15) is 23.7 Å². The number of rotatable bonds is 19. The minimum Gasteiger partial charge on any atom is -0.691 e. The van der Waals surface area contributed by atoms with Crippen LogP contribution in [0.3, 0.4) is 0 Å². The molecule has 3 amide bonds. The fourth-order valence-electron chi connectivity index (χ4n) is 9.71. The number of hydrogen-bond donors (Lipinski definition) is 5. The number of unbranched alkanes of at least 4 members (excludes halogenated alkanes) is 1. The van der Waals surface area contributed by atoms with Gasteiger partial charge in [-0.15, -0.1) is 0 Å². The third kappa shape index (κ3) is 10.5. The fraction of sp³-hybridized carbons (Fsp3) is 0.408. The van der Waals surface area contributed by atoms with Gasteiger partial charge in [0.2, 0.25) is 23.4 Å². The van der Waals surface area contributed by atoms with Crippen LogP contribution in [0.4, 0.5) is 11.4 Å². The Bertz CT molecular complexity index is 2640. The van der Waals surface area contributed by atoms with Crippen LogP contribution in [-0.2, 0) is 50.5 Å². The lowest BCUT2D eigenvalue weighted by Crippen LogP contribution is -2.54. The van der Waals surface area contributed by atoms with Gasteiger partial charge in [-0.3, -0.25) is 28.8 Å². The molecule has 7 rings (SSSR count). The van der Waals surface area contributed by atoms with E-state index in [-0.39, 0.29) is 37.0 Å². The number of alkyl halides is 1. The van der Waals surface area contributed by atoms with Crippen molar-refractivity contribution in [2.75, 3.05) is 37.8 Å². The van der Waals surface area contributed by atoms with E-state index in [1.165, 1.54) is 0 Å². The molecule has 3 aliphatic heterocycles. The summed E-state index contributed by atoms with van der Waals surface area (Å²) in [6, 6.07) is 21.1. The average Bonchev–Trinajstić information content (AvgIpc) is 3.92. The van der Waals surface area contributed by atoms with Gasteiger partial charge in [-0.1, -0.05) is 90.4 Å². The molecule has 5 N–H and O–H groups in total. The van der Waals surface area contributed by atoms with E-state index >= 15 is 0 Å². The van der Waals surface area contributed by atoms with Crippen LogP contribution in [0, 0.1) is 0 Å². The van der Waals surface area contributed by atoms with Gasteiger partial charge in [0.05, 0.1) is 22.4 Å². The molecule has 4 aliphatic rings. The molecular weight excluding hydrogens is 976 g/mol. The zero-order valence-corrected chi connectivity index (χ0v) is 42.2. The molecule has 362 valence electrons. The summed E-state index contributed by atoms with van der Waals surface area (Å²) in [6.07, 6.45) is 6.16. The van der Waals surface area contributed by atoms with Crippen LogP contribution in [0.2, 0.25) is 0 Å². The Labute approximate surface area is 409 Å². The first-order chi connectivity index (χ1) is 32.3. The summed E-state index contributed by atoms with van der Waals surface area (Å²) in [5, 5.41) is 22.8. The molecule has 0 bridgehead atoms. The molecule has 0 aromatic heterocycles. The number of nitrogens with zero attached hydrogens (tertiary/aromatic N) is 3. The molecule has 19 heteroatoms. The highest BCUT2D eigenvalue weighted by Crippen LogP contribution is 2.55. The molecule has 3 aromatic carbocycles. The highest BCUT2D eigenvalue weighted by molar-refractivity contribution is 9.10. The van der Waals surface area contributed by atoms with Crippen LogP contribution in [0.15, 0.2) is 107 Å². The summed E-state index contributed by atoms with van der Waals surface area (Å²) in [6.45, 7) is 9.49. The van der Waals surface area contributed by atoms with Crippen LogP contribution in [0.1, 0.15) is 86.6 Å². The zero-order chi connectivity index (χ0) is 49.1. The first-order valence-corrected chi connectivity index (χ1v) is 26.0. The second kappa shape index (κ2) is 21.0. The number of fused-ring (bicyclic) bond motifs is 2. The predicted octanol–water partition coefficient (Wildman–Crippen LogP) is 5.76. The standard InChI is InChI=1S/C49H58BrN6O10PS/c1-48(2)34-14-7-9-16-37(34)54(5)40(48)26-32-43(33(44(32)58)27-41-49(3,4)35-15-8-10-17-38(35)55(41)6)56-25-13-18-39(56)47(60)53-36(29-68-66-65-61)46(59)51-24-12-11-19-42(57)52-28-30-20-22-31(23-21-30)45(50)67(62,63)64/h7-10,14-17,20-23,26-27,36,39,45H,11-13,18-19,24-25,28-29H2,1-6H3,(H5-,51,52,53,57,59,60,61,62,63,64)/t36?,39-,45?/m1/s1. The van der Waals surface area contributed by atoms with Gasteiger partial charge in [-0.2, -0.15) is 8.91 Å². The summed E-state index contributed by atoms with van der Waals surface area (Å²) in [4.78, 5) is 78.2. The van der Waals surface area contributed by atoms with E-state index in [4.69, 9.17) is 0 Å². The zero-order valence-electron chi connectivity index (χ0n) is 38.9. The van der Waals surface area contributed by atoms with Crippen molar-refractivity contribution in [3.8, 4) is 0 Å². The summed E-state index contributed by atoms with van der Waals surface area (Å²) in [5.41, 5.74) is 8.35. The van der Waals surface area contributed by atoms with Crippen LogP contribution in [-0.4, -0.2) is 93.5 Å². The largest absolute Gasteiger partial charge is 0.691 e. The van der Waals surface area contributed by atoms with E-state index in [0.29, 0.717) is 66.7 Å². The van der Waals surface area contributed by atoms with Crippen molar-refractivity contribution < 1.29 is 52.7 Å². The summed E-state index contributed by atoms with van der Waals surface area (Å²) < 4.78 is 17.0. The molecule has 0 spiro atoms. The fourth-order valence-corrected chi connectivity index (χ4v) is 11.0. The first kappa shape index (κ1) is 51.0. The number of allylic oxidation sites excluding steroid dienone is 5. The number of carbonyl (C=O) groups excluding carboxylic acids is 4. The number of likely N-dealkylation sites (tertiary alicyclic amines) is 1. The Morgan fingerprint density at radius 3 is 2.35 bits per heavy atom. The van der Waals surface area contributed by atoms with E-state index < -0.39 is 46.9 Å². The predicted molar refractivity (Wildman–Crippen MR) is 262 cm³/mol. The lowest BCUT2D eigenvalue weighted by Gasteiger charge is -2.37. The Morgan fingerprint density at radius 2 is 1.68 bits per heavy atom. The first-order valence-electron chi connectivity index (χ1n) is 22.5. The van der Waals surface area contributed by atoms with E-state index in [0.717, 1.165) is 39.5 Å². The molecule has 3 aromatic rings. The highest BCUT2D eigenvalue weighted by atomic mass is 79.9. The molecule has 1 saturated heterocycles. The Hall–Kier alpha value is -4.91. The van der Waals surface area contributed by atoms with Crippen molar-refractivity contribution in [3.63, 3.8) is 0 Å². The Morgan fingerprint density at radius 1 is 0.985 bits per heavy atom. The van der Waals surface area contributed by atoms with Crippen molar-refractivity contribution in [2.24, 2.45) is 0 Å². The van der Waals surface area contributed by atoms with Crippen LogP contribution >= 0.6 is 35.6 Å². The number of Topliss-reactive ketones (excluding diaryl/α,β-unsaturated/α-hetero) is 1. The third-order valence-corrected chi connectivity index (χ3v) is 17.0. The van der Waals surface area contributed by atoms with Gasteiger partial charge in [0.15, 0.2) is 11.5 Å². The smallest absolute Gasteiger partial charge is 0.343 e. The Balaban J connectivity index is 1.05. The van der Waals surface area contributed by atoms with Gasteiger partial charge < -0.3 is 40.8 Å². The highest BCUT2D eigenvalue weighted by Gasteiger charge is 2.49. The maximum Gasteiger partial charge on any atom is 0.343 e. The summed E-state index contributed by atoms with van der Waals surface area (Å²) in [5.74, 6) is -1.40. The summed E-state index contributed by atoms with van der Waals surface area (Å²) in [7, 11) is -0.350. The number of benzene rings is 3. The number of carbonyl (C=O) groups is 4. The lowest BCUT2D eigenvalue weighted by atomic mass is 9.76. The van der Waals surface area contributed by atoms with Gasteiger partial charge in [-0.05, 0) is 68.4 Å². The molecule has 16 nitrogen and oxygen atoms in total. The van der Waals surface area contributed by atoms with E-state index in [1.54, 1.807) is 24.3 Å². The second-order valence-electron chi connectivity index (χ2n) is 18.5. The number of halogens is 1. The minimum absolute atomic E-state index is 0.117. The van der Waals surface area contributed by atoms with Gasteiger partial charge >= 0.3 is 7.60 Å². The maximum absolute atomic E-state index is 14.6. The average molecular weight is 1030 g/mol. The molecule has 1 aliphatic carbocycles. The molecular formula is C49H58BrN6O10PS. The minimum atomic E-state index is -4.35. The summed E-state index contributed by atoms with van der Waals surface area (Å²) >= 11 is 3.60. The quantitative estimate of drug-likeness (QED) is 0.0141. The maximum atomic E-state index is 14.6. The van der Waals surface area contributed by atoms with Gasteiger partial charge in [-0.25, -0.2) is 0 Å². The Kier molecular flexibility index (Phi) is 15.7. The monoisotopic (exact) mass is 1030 g/mol. The number of para-hydroxylation sites is 2. The molecule has 1 fully saturated rings. The van der Waals surface area contributed by atoms with Crippen LogP contribution in [0.5, 0.6) is 0 Å². The van der Waals surface area contributed by atoms with Gasteiger partial charge in [0.25, 0.3) is 0 Å². The van der Waals surface area contributed by atoms with Crippen molar-refractivity contribution in [2.45, 2.75) is 93.8 Å². The third-order valence-electron chi connectivity index (χ3n) is 13.4. The van der Waals surface area contributed by atoms with E-state index in [1.807, 2.05) is 55.4 Å². The molecule has 3 heterocycles. The number of nitrogens with one attached hydrogen (secondary N) is 3. The van der Waals surface area contributed by atoms with E-state index in [2.05, 4.69) is 103 Å². The van der Waals surface area contributed by atoms with Gasteiger partial charge in [0, 0.05) is 85.2 Å². The molecule has 0 saturated carbocycles. The molecule has 0 radical (unpaired) electrons. The normalized spacial score (nSPS) is 20.4. The molecule has 2 unspecified atom stereocenters. The number of anilines is 1.